The molecule has 0 aliphatic heterocycles. The Bertz CT molecular complexity index is 1700. The highest BCUT2D eigenvalue weighted by atomic mass is 79.9. The van der Waals surface area contributed by atoms with Crippen LogP contribution in [0.2, 0.25) is 5.02 Å². The Hall–Kier alpha value is -4.28. The molecule has 0 bridgehead atoms. The van der Waals surface area contributed by atoms with E-state index in [0.717, 1.165) is 9.86 Å². The second-order valence-electron chi connectivity index (χ2n) is 8.35. The maximum absolute atomic E-state index is 12.1. The van der Waals surface area contributed by atoms with Crippen molar-refractivity contribution in [1.29, 1.82) is 0 Å². The predicted molar refractivity (Wildman–Crippen MR) is 146 cm³/mol. The number of anilines is 1. The third kappa shape index (κ3) is 5.51. The molecule has 9 nitrogen and oxygen atoms in total. The van der Waals surface area contributed by atoms with Crippen molar-refractivity contribution < 1.29 is 24.5 Å². The van der Waals surface area contributed by atoms with E-state index in [1.54, 1.807) is 60.9 Å². The molecule has 0 amide bonds. The number of aromatic nitrogens is 3. The normalized spacial score (nSPS) is 11.8. The fourth-order valence-corrected chi connectivity index (χ4v) is 4.42. The summed E-state index contributed by atoms with van der Waals surface area (Å²) in [5.41, 5.74) is 1.58. The zero-order valence-corrected chi connectivity index (χ0v) is 21.8. The molecule has 0 fully saturated rings. The molecule has 3 N–H and O–H groups in total. The summed E-state index contributed by atoms with van der Waals surface area (Å²) in [7, 11) is 0. The molecule has 3 heterocycles. The maximum atomic E-state index is 12.1. The monoisotopic (exact) mass is 592 g/mol. The average molecular weight is 594 g/mol. The Kier molecular flexibility index (Phi) is 7.08. The summed E-state index contributed by atoms with van der Waals surface area (Å²) in [6.45, 7) is 0. The van der Waals surface area contributed by atoms with Crippen LogP contribution in [0.25, 0.3) is 21.9 Å². The number of fused-ring (bicyclic) bond motifs is 2. The molecule has 0 saturated heterocycles. The lowest BCUT2D eigenvalue weighted by Gasteiger charge is -2.17. The highest BCUT2D eigenvalue weighted by Crippen LogP contribution is 2.30. The van der Waals surface area contributed by atoms with E-state index in [1.165, 1.54) is 6.07 Å². The average Bonchev–Trinajstić information content (AvgIpc) is 2.89. The number of benzene rings is 2. The summed E-state index contributed by atoms with van der Waals surface area (Å²) in [5.74, 6) is -1.31. The fraction of sp³-hybridized carbons (Fsp3) is 0.0741. The second-order valence-corrected chi connectivity index (χ2v) is 9.70. The lowest BCUT2D eigenvalue weighted by atomic mass is 10.0. The van der Waals surface area contributed by atoms with E-state index in [1.807, 2.05) is 6.07 Å². The molecule has 11 heteroatoms. The zero-order valence-electron chi connectivity index (χ0n) is 19.4. The van der Waals surface area contributed by atoms with Gasteiger partial charge in [-0.3, -0.25) is 0 Å². The topological polar surface area (TPSA) is 135 Å². The highest BCUT2D eigenvalue weighted by molar-refractivity contribution is 9.10. The van der Waals surface area contributed by atoms with Crippen molar-refractivity contribution in [2.24, 2.45) is 0 Å². The van der Waals surface area contributed by atoms with Crippen molar-refractivity contribution in [3.8, 4) is 11.5 Å². The van der Waals surface area contributed by atoms with E-state index < -0.39 is 18.0 Å². The molecule has 0 aliphatic carbocycles. The smallest absolute Gasteiger partial charge is 0.339 e. The minimum Gasteiger partial charge on any atom is -0.480 e. The van der Waals surface area contributed by atoms with Gasteiger partial charge in [0.1, 0.15) is 28.9 Å². The number of pyridine rings is 3. The third-order valence-corrected chi connectivity index (χ3v) is 6.40. The number of nitrogens with zero attached hydrogens (tertiary/aromatic N) is 3. The molecule has 0 spiro atoms. The number of carbonyl (C=O) groups is 2. The lowest BCUT2D eigenvalue weighted by molar-refractivity contribution is -0.137. The highest BCUT2D eigenvalue weighted by Gasteiger charge is 2.22. The first-order valence-corrected chi connectivity index (χ1v) is 12.4. The lowest BCUT2D eigenvalue weighted by Crippen LogP contribution is -2.32. The maximum Gasteiger partial charge on any atom is 0.339 e. The van der Waals surface area contributed by atoms with Gasteiger partial charge >= 0.3 is 11.9 Å². The number of hydrogen-bond donors (Lipinski definition) is 3. The largest absolute Gasteiger partial charge is 0.480 e. The van der Waals surface area contributed by atoms with E-state index in [4.69, 9.17) is 16.3 Å². The van der Waals surface area contributed by atoms with Gasteiger partial charge in [0.05, 0.1) is 10.9 Å². The van der Waals surface area contributed by atoms with Gasteiger partial charge in [-0.25, -0.2) is 24.5 Å². The van der Waals surface area contributed by atoms with Crippen LogP contribution in [0.15, 0.2) is 77.5 Å². The van der Waals surface area contributed by atoms with Crippen LogP contribution < -0.4 is 10.1 Å². The Morgan fingerprint density at radius 2 is 1.82 bits per heavy atom. The minimum absolute atomic E-state index is 0.0380. The molecule has 2 aromatic carbocycles. The Labute approximate surface area is 229 Å². The van der Waals surface area contributed by atoms with Crippen LogP contribution in [0.5, 0.6) is 11.5 Å². The number of halogens is 2. The number of hydrogen-bond acceptors (Lipinski definition) is 7. The van der Waals surface area contributed by atoms with Crippen LogP contribution >= 0.6 is 27.5 Å². The zero-order chi connectivity index (χ0) is 26.8. The van der Waals surface area contributed by atoms with Gasteiger partial charge in [0.25, 0.3) is 0 Å². The second kappa shape index (κ2) is 10.6. The first kappa shape index (κ1) is 25.4. The molecule has 3 aromatic heterocycles. The first-order valence-electron chi connectivity index (χ1n) is 11.3. The van der Waals surface area contributed by atoms with Crippen molar-refractivity contribution in [1.82, 2.24) is 15.0 Å². The number of aromatic carboxylic acids is 1. The summed E-state index contributed by atoms with van der Waals surface area (Å²) in [6.07, 6.45) is 3.34. The molecule has 0 unspecified atom stereocenters. The molecule has 1 atom stereocenters. The summed E-state index contributed by atoms with van der Waals surface area (Å²) in [5, 5.41) is 24.0. The standard InChI is InChI=1S/C27H18BrClN4O5/c28-16-12-19-23(7-8-30-24(19)31-13-16)38-18-4-1-14(2-5-18)9-22(27(36)37)33-25-20(26(34)35)11-15-10-17(29)3-6-21(15)32-25/h1-8,10-13,22H,9H2,(H,32,33)(H,34,35)(H,36,37)/t22-/m0/s1. The minimum atomic E-state index is -1.24. The molecular weight excluding hydrogens is 576 g/mol. The van der Waals surface area contributed by atoms with Crippen molar-refractivity contribution in [3.63, 3.8) is 0 Å². The Balaban J connectivity index is 1.36. The SMILES string of the molecule is O=C(O)c1cc2cc(Cl)ccc2nc1N[C@@H](Cc1ccc(Oc2ccnc3ncc(Br)cc23)cc1)C(=O)O. The van der Waals surface area contributed by atoms with E-state index in [-0.39, 0.29) is 17.8 Å². The first-order chi connectivity index (χ1) is 18.3. The van der Waals surface area contributed by atoms with E-state index in [0.29, 0.717) is 38.6 Å². The molecule has 0 aliphatic rings. The number of rotatable bonds is 8. The summed E-state index contributed by atoms with van der Waals surface area (Å²) in [4.78, 5) is 36.8. The fourth-order valence-electron chi connectivity index (χ4n) is 3.91. The van der Waals surface area contributed by atoms with E-state index >= 15 is 0 Å². The van der Waals surface area contributed by atoms with Crippen LogP contribution in [0, 0.1) is 0 Å². The van der Waals surface area contributed by atoms with Gasteiger partial charge in [-0.05, 0) is 70.0 Å². The van der Waals surface area contributed by atoms with Crippen LogP contribution in [-0.2, 0) is 11.2 Å². The molecule has 0 saturated carbocycles. The van der Waals surface area contributed by atoms with Crippen molar-refractivity contribution >= 4 is 67.2 Å². The molecular formula is C27H18BrClN4O5. The summed E-state index contributed by atoms with van der Waals surface area (Å²) < 4.78 is 6.82. The van der Waals surface area contributed by atoms with Crippen LogP contribution in [0.1, 0.15) is 15.9 Å². The molecule has 5 rings (SSSR count). The van der Waals surface area contributed by atoms with Gasteiger partial charge in [0.2, 0.25) is 0 Å². The van der Waals surface area contributed by atoms with Crippen LogP contribution in [0.3, 0.4) is 0 Å². The van der Waals surface area contributed by atoms with Crippen molar-refractivity contribution in [3.05, 3.63) is 93.7 Å². The van der Waals surface area contributed by atoms with Crippen LogP contribution in [-0.4, -0.2) is 43.1 Å². The van der Waals surface area contributed by atoms with Crippen molar-refractivity contribution in [2.45, 2.75) is 12.5 Å². The van der Waals surface area contributed by atoms with Gasteiger partial charge in [0.15, 0.2) is 5.65 Å². The molecule has 190 valence electrons. The number of ether oxygens (including phenoxy) is 1. The Morgan fingerprint density at radius 3 is 2.55 bits per heavy atom. The third-order valence-electron chi connectivity index (χ3n) is 5.73. The van der Waals surface area contributed by atoms with E-state index in [2.05, 4.69) is 36.2 Å². The van der Waals surface area contributed by atoms with Gasteiger partial charge < -0.3 is 20.3 Å². The molecule has 5 aromatic rings. The molecule has 0 radical (unpaired) electrons. The van der Waals surface area contributed by atoms with Gasteiger partial charge in [0, 0.05) is 33.7 Å². The van der Waals surface area contributed by atoms with Crippen LogP contribution in [0.4, 0.5) is 5.82 Å². The predicted octanol–water partition coefficient (Wildman–Crippen LogP) is 6.19. The van der Waals surface area contributed by atoms with Gasteiger partial charge in [-0.2, -0.15) is 0 Å². The van der Waals surface area contributed by atoms with E-state index in [9.17, 15) is 19.8 Å². The molecule has 38 heavy (non-hydrogen) atoms. The van der Waals surface area contributed by atoms with Gasteiger partial charge in [-0.15, -0.1) is 0 Å². The quantitative estimate of drug-likeness (QED) is 0.192. The summed E-state index contributed by atoms with van der Waals surface area (Å²) in [6, 6.07) is 15.7. The summed E-state index contributed by atoms with van der Waals surface area (Å²) >= 11 is 9.41. The number of carboxylic acid groups (broad SMARTS) is 2. The number of nitrogens with one attached hydrogen (secondary N) is 1. The number of carboxylic acids is 2. The Morgan fingerprint density at radius 1 is 1.03 bits per heavy atom. The van der Waals surface area contributed by atoms with Gasteiger partial charge in [-0.1, -0.05) is 23.7 Å². The number of aliphatic carboxylic acids is 1. The van der Waals surface area contributed by atoms with Crippen molar-refractivity contribution in [2.75, 3.05) is 5.32 Å².